The number of carbonyl (C=O) groups excluding carboxylic acids is 2. The maximum absolute atomic E-state index is 11.4. The molecule has 0 aliphatic heterocycles. The van der Waals surface area contributed by atoms with Gasteiger partial charge in [0.15, 0.2) is 0 Å². The molecule has 0 bridgehead atoms. The highest BCUT2D eigenvalue weighted by molar-refractivity contribution is 5.90. The van der Waals surface area contributed by atoms with Gasteiger partial charge in [-0.3, -0.25) is 19.6 Å². The lowest BCUT2D eigenvalue weighted by Crippen LogP contribution is -2.08. The highest BCUT2D eigenvalue weighted by Gasteiger charge is 2.20. The maximum Gasteiger partial charge on any atom is 0.308 e. The van der Waals surface area contributed by atoms with Crippen molar-refractivity contribution in [3.05, 3.63) is 60.2 Å². The van der Waals surface area contributed by atoms with Gasteiger partial charge in [-0.2, -0.15) is 0 Å². The Bertz CT molecular complexity index is 635. The summed E-state index contributed by atoms with van der Waals surface area (Å²) in [5, 5.41) is 0. The lowest BCUT2D eigenvalue weighted by molar-refractivity contribution is -0.136. The van der Waals surface area contributed by atoms with Crippen molar-refractivity contribution in [2.45, 2.75) is 13.8 Å². The van der Waals surface area contributed by atoms with E-state index in [2.05, 4.69) is 9.97 Å². The van der Waals surface area contributed by atoms with Crippen LogP contribution >= 0.6 is 0 Å². The summed E-state index contributed by atoms with van der Waals surface area (Å²) in [6, 6.07) is 10.2. The minimum atomic E-state index is -0.554. The Morgan fingerprint density at radius 1 is 0.773 bits per heavy atom. The molecule has 6 heteroatoms. The van der Waals surface area contributed by atoms with Gasteiger partial charge in [0.05, 0.1) is 0 Å². The molecule has 2 aromatic rings. The largest absolute Gasteiger partial charge is 0.420 e. The van der Waals surface area contributed by atoms with E-state index >= 15 is 0 Å². The summed E-state index contributed by atoms with van der Waals surface area (Å²) in [6.45, 7) is 2.51. The fourth-order valence-electron chi connectivity index (χ4n) is 1.71. The molecule has 0 aliphatic carbocycles. The van der Waals surface area contributed by atoms with Crippen molar-refractivity contribution < 1.29 is 19.1 Å². The number of rotatable bonds is 4. The van der Waals surface area contributed by atoms with Gasteiger partial charge in [-0.25, -0.2) is 0 Å². The van der Waals surface area contributed by atoms with Crippen LogP contribution in [0.4, 0.5) is 0 Å². The van der Waals surface area contributed by atoms with Gasteiger partial charge in [0.25, 0.3) is 0 Å². The maximum atomic E-state index is 11.4. The van der Waals surface area contributed by atoms with Crippen molar-refractivity contribution in [1.82, 2.24) is 9.97 Å². The minimum absolute atomic E-state index is 0.0435. The summed E-state index contributed by atoms with van der Waals surface area (Å²) >= 11 is 0. The number of carbonyl (C=O) groups is 2. The molecule has 0 saturated heterocycles. The Morgan fingerprint density at radius 3 is 1.45 bits per heavy atom. The molecular weight excluding hydrogens is 284 g/mol. The van der Waals surface area contributed by atoms with Crippen LogP contribution in [-0.4, -0.2) is 21.9 Å². The number of esters is 2. The second-order valence-electron chi connectivity index (χ2n) is 4.28. The Kier molecular flexibility index (Phi) is 4.98. The topological polar surface area (TPSA) is 78.4 Å². The first-order chi connectivity index (χ1) is 10.6. The van der Waals surface area contributed by atoms with Gasteiger partial charge in [-0.15, -0.1) is 0 Å². The Labute approximate surface area is 127 Å². The van der Waals surface area contributed by atoms with Crippen LogP contribution in [0.1, 0.15) is 25.2 Å². The molecule has 2 aromatic heterocycles. The van der Waals surface area contributed by atoms with Gasteiger partial charge >= 0.3 is 11.9 Å². The third-order valence-corrected chi connectivity index (χ3v) is 2.49. The summed E-state index contributed by atoms with van der Waals surface area (Å²) in [5.74, 6) is -1.02. The van der Waals surface area contributed by atoms with Crippen LogP contribution in [0.3, 0.4) is 0 Å². The average molecular weight is 298 g/mol. The molecule has 112 valence electrons. The Morgan fingerprint density at radius 2 is 1.18 bits per heavy atom. The van der Waals surface area contributed by atoms with E-state index in [1.165, 1.54) is 13.8 Å². The number of pyridine rings is 2. The monoisotopic (exact) mass is 298 g/mol. The van der Waals surface area contributed by atoms with Crippen molar-refractivity contribution in [2.24, 2.45) is 0 Å². The van der Waals surface area contributed by atoms with Crippen molar-refractivity contribution in [3.63, 3.8) is 0 Å². The smallest absolute Gasteiger partial charge is 0.308 e. The van der Waals surface area contributed by atoms with Gasteiger partial charge in [0.1, 0.15) is 11.4 Å². The predicted molar refractivity (Wildman–Crippen MR) is 78.8 cm³/mol. The van der Waals surface area contributed by atoms with E-state index in [0.717, 1.165) is 0 Å². The first-order valence-electron chi connectivity index (χ1n) is 6.52. The third-order valence-electron chi connectivity index (χ3n) is 2.49. The molecule has 0 unspecified atom stereocenters. The van der Waals surface area contributed by atoms with Crippen LogP contribution in [0.25, 0.3) is 11.5 Å². The number of ether oxygens (including phenoxy) is 2. The molecule has 0 aliphatic rings. The highest BCUT2D eigenvalue weighted by Crippen LogP contribution is 2.26. The molecule has 0 spiro atoms. The molecule has 0 amide bonds. The predicted octanol–water partition coefficient (Wildman–Crippen LogP) is 2.43. The first-order valence-corrected chi connectivity index (χ1v) is 6.52. The number of hydrogen-bond acceptors (Lipinski definition) is 6. The normalized spacial score (nSPS) is 11.4. The molecule has 6 nitrogen and oxygen atoms in total. The molecule has 0 saturated carbocycles. The van der Waals surface area contributed by atoms with Crippen molar-refractivity contribution in [2.75, 3.05) is 0 Å². The Hall–Kier alpha value is -3.02. The third kappa shape index (κ3) is 3.99. The first kappa shape index (κ1) is 15.4. The zero-order valence-electron chi connectivity index (χ0n) is 12.1. The van der Waals surface area contributed by atoms with E-state index in [-0.39, 0.29) is 11.5 Å². The summed E-state index contributed by atoms with van der Waals surface area (Å²) in [4.78, 5) is 31.1. The van der Waals surface area contributed by atoms with E-state index in [1.54, 1.807) is 48.8 Å². The molecule has 2 rings (SSSR count). The zero-order valence-corrected chi connectivity index (χ0v) is 12.1. The molecule has 0 atom stereocenters. The molecule has 0 fully saturated rings. The van der Waals surface area contributed by atoms with E-state index in [0.29, 0.717) is 11.4 Å². The molecule has 22 heavy (non-hydrogen) atoms. The zero-order chi connectivity index (χ0) is 15.9. The summed E-state index contributed by atoms with van der Waals surface area (Å²) < 4.78 is 10.4. The SMILES string of the molecule is CC(=O)O/C(=C(/OC(C)=O)c1ccccn1)c1ccccn1. The second kappa shape index (κ2) is 7.12. The highest BCUT2D eigenvalue weighted by atomic mass is 16.6. The molecule has 2 heterocycles. The van der Waals surface area contributed by atoms with Gasteiger partial charge in [-0.05, 0) is 24.3 Å². The van der Waals surface area contributed by atoms with Gasteiger partial charge < -0.3 is 9.47 Å². The average Bonchev–Trinajstić information content (AvgIpc) is 2.52. The quantitative estimate of drug-likeness (QED) is 0.637. The fraction of sp³-hybridized carbons (Fsp3) is 0.125. The van der Waals surface area contributed by atoms with E-state index in [4.69, 9.17) is 9.47 Å². The molecular formula is C16H14N2O4. The van der Waals surface area contributed by atoms with E-state index in [1.807, 2.05) is 0 Å². The molecule has 0 aromatic carbocycles. The van der Waals surface area contributed by atoms with Crippen LogP contribution in [0, 0.1) is 0 Å². The minimum Gasteiger partial charge on any atom is -0.420 e. The Balaban J connectivity index is 2.64. The van der Waals surface area contributed by atoms with Crippen LogP contribution in [0.15, 0.2) is 48.8 Å². The summed E-state index contributed by atoms with van der Waals surface area (Å²) in [6.07, 6.45) is 3.09. The summed E-state index contributed by atoms with van der Waals surface area (Å²) in [7, 11) is 0. The summed E-state index contributed by atoms with van der Waals surface area (Å²) in [5.41, 5.74) is 0.721. The van der Waals surface area contributed by atoms with Crippen molar-refractivity contribution in [1.29, 1.82) is 0 Å². The molecule has 0 radical (unpaired) electrons. The van der Waals surface area contributed by atoms with Crippen LogP contribution in [0.2, 0.25) is 0 Å². The van der Waals surface area contributed by atoms with Crippen LogP contribution in [-0.2, 0) is 19.1 Å². The van der Waals surface area contributed by atoms with Gasteiger partial charge in [-0.1, -0.05) is 12.1 Å². The van der Waals surface area contributed by atoms with Crippen molar-refractivity contribution >= 4 is 23.5 Å². The van der Waals surface area contributed by atoms with Crippen LogP contribution in [0.5, 0.6) is 0 Å². The number of nitrogens with zero attached hydrogens (tertiary/aromatic N) is 2. The number of hydrogen-bond donors (Lipinski definition) is 0. The van der Waals surface area contributed by atoms with Crippen LogP contribution < -0.4 is 0 Å². The fourth-order valence-corrected chi connectivity index (χ4v) is 1.71. The number of aromatic nitrogens is 2. The standard InChI is InChI=1S/C16H14N2O4/c1-11(19)21-15(13-7-3-5-9-17-13)16(22-12(2)20)14-8-4-6-10-18-14/h3-10H,1-2H3/b16-15+. The van der Waals surface area contributed by atoms with Gasteiger partial charge in [0, 0.05) is 26.2 Å². The molecule has 0 N–H and O–H groups in total. The van der Waals surface area contributed by atoms with E-state index < -0.39 is 11.9 Å². The van der Waals surface area contributed by atoms with E-state index in [9.17, 15) is 9.59 Å². The van der Waals surface area contributed by atoms with Gasteiger partial charge in [0.2, 0.25) is 11.5 Å². The second-order valence-corrected chi connectivity index (χ2v) is 4.28. The lowest BCUT2D eigenvalue weighted by atomic mass is 10.2. The lowest BCUT2D eigenvalue weighted by Gasteiger charge is -2.13. The van der Waals surface area contributed by atoms with Crippen molar-refractivity contribution in [3.8, 4) is 0 Å².